The normalized spacial score (nSPS) is 28.4. The lowest BCUT2D eigenvalue weighted by atomic mass is 10.1. The van der Waals surface area contributed by atoms with E-state index in [1.807, 2.05) is 0 Å². The third kappa shape index (κ3) is 6.60. The lowest BCUT2D eigenvalue weighted by molar-refractivity contribution is -0.213. The molecule has 19 nitrogen and oxygen atoms in total. The molecule has 10 N–H and O–H groups in total. The number of aliphatic hydroxyl groups excluding tert-OH is 5. The van der Waals surface area contributed by atoms with Crippen LogP contribution in [0.25, 0.3) is 11.2 Å². The van der Waals surface area contributed by atoms with Crippen LogP contribution in [0.1, 0.15) is 6.23 Å². The lowest BCUT2D eigenvalue weighted by Gasteiger charge is -2.27. The summed E-state index contributed by atoms with van der Waals surface area (Å²) in [4.78, 5) is 31.9. The smallest absolute Gasteiger partial charge is 0.481 e. The van der Waals surface area contributed by atoms with Crippen molar-refractivity contribution in [3.63, 3.8) is 0 Å². The van der Waals surface area contributed by atoms with E-state index < -0.39 is 78.3 Å². The molecule has 0 amide bonds. The molecule has 1 saturated heterocycles. The summed E-state index contributed by atoms with van der Waals surface area (Å²) in [5, 5.41) is 49.8. The van der Waals surface area contributed by atoms with Crippen LogP contribution >= 0.6 is 15.6 Å². The number of ether oxygens (including phenoxy) is 1. The van der Waals surface area contributed by atoms with Crippen molar-refractivity contribution in [2.45, 2.75) is 42.9 Å². The van der Waals surface area contributed by atoms with Gasteiger partial charge in [0.1, 0.15) is 42.4 Å². The monoisotopic (exact) mass is 559 g/mol. The van der Waals surface area contributed by atoms with Gasteiger partial charge in [0.2, 0.25) is 0 Å². The molecule has 9 unspecified atom stereocenters. The quantitative estimate of drug-likeness (QED) is 0.114. The molecular weight excluding hydrogens is 534 g/mol. The number of hydrogen-bond donors (Lipinski definition) is 8. The van der Waals surface area contributed by atoms with Crippen molar-refractivity contribution in [2.75, 3.05) is 25.5 Å². The van der Waals surface area contributed by atoms with E-state index in [4.69, 9.17) is 25.6 Å². The predicted octanol–water partition coefficient (Wildman–Crippen LogP) is -4.31. The summed E-state index contributed by atoms with van der Waals surface area (Å²) >= 11 is 0. The molecule has 1 aliphatic heterocycles. The Bertz CT molecular complexity index is 1130. The summed E-state index contributed by atoms with van der Waals surface area (Å²) in [6.45, 7) is -2.47. The Morgan fingerprint density at radius 3 is 2.47 bits per heavy atom. The Morgan fingerprint density at radius 2 is 1.83 bits per heavy atom. The number of phosphoric acid groups is 2. The lowest BCUT2D eigenvalue weighted by Crippen LogP contribution is -2.43. The average Bonchev–Trinajstić information content (AvgIpc) is 3.36. The van der Waals surface area contributed by atoms with Gasteiger partial charge in [0, 0.05) is 6.54 Å². The topological polar surface area (TPSA) is 311 Å². The number of fused-ring (bicyclic) bond motifs is 1. The molecule has 0 bridgehead atoms. The number of aromatic nitrogens is 4. The van der Waals surface area contributed by atoms with Crippen molar-refractivity contribution in [1.82, 2.24) is 19.5 Å². The van der Waals surface area contributed by atoms with Crippen LogP contribution in [0.3, 0.4) is 0 Å². The van der Waals surface area contributed by atoms with Gasteiger partial charge in [-0.3, -0.25) is 18.2 Å². The molecule has 0 radical (unpaired) electrons. The Balaban J connectivity index is 1.71. The molecule has 2 aromatic heterocycles. The fourth-order valence-electron chi connectivity index (χ4n) is 3.19. The molecule has 1 fully saturated rings. The molecule has 9 atom stereocenters. The first-order valence-electron chi connectivity index (χ1n) is 10.1. The summed E-state index contributed by atoms with van der Waals surface area (Å²) in [5.74, 6) is 0.0410. The van der Waals surface area contributed by atoms with Gasteiger partial charge in [0.05, 0.1) is 25.6 Å². The van der Waals surface area contributed by atoms with Crippen LogP contribution in [0.5, 0.6) is 0 Å². The van der Waals surface area contributed by atoms with Gasteiger partial charge in [-0.25, -0.2) is 23.8 Å². The van der Waals surface area contributed by atoms with Crippen LogP contribution in [-0.2, 0) is 27.2 Å². The zero-order valence-electron chi connectivity index (χ0n) is 18.2. The van der Waals surface area contributed by atoms with Crippen molar-refractivity contribution in [2.24, 2.45) is 5.73 Å². The fourth-order valence-corrected chi connectivity index (χ4v) is 5.32. The predicted molar refractivity (Wildman–Crippen MR) is 113 cm³/mol. The summed E-state index contributed by atoms with van der Waals surface area (Å²) in [6.07, 6.45) is -9.12. The van der Waals surface area contributed by atoms with Gasteiger partial charge in [-0.1, -0.05) is 0 Å². The van der Waals surface area contributed by atoms with E-state index in [0.717, 1.165) is 6.33 Å². The van der Waals surface area contributed by atoms with Crippen molar-refractivity contribution >= 4 is 32.6 Å². The molecule has 21 heteroatoms. The van der Waals surface area contributed by atoms with Crippen LogP contribution in [0.2, 0.25) is 0 Å². The summed E-state index contributed by atoms with van der Waals surface area (Å²) in [5.41, 5.74) is 11.2. The van der Waals surface area contributed by atoms with Gasteiger partial charge in [0.15, 0.2) is 17.7 Å². The maximum atomic E-state index is 12.7. The van der Waals surface area contributed by atoms with Gasteiger partial charge < -0.3 is 51.5 Å². The van der Waals surface area contributed by atoms with Gasteiger partial charge in [0.25, 0.3) is 7.82 Å². The first-order valence-corrected chi connectivity index (χ1v) is 13.0. The molecule has 0 aliphatic carbocycles. The Labute approximate surface area is 202 Å². The van der Waals surface area contributed by atoms with Crippen molar-refractivity contribution < 1.29 is 62.5 Å². The van der Waals surface area contributed by atoms with E-state index in [9.17, 15) is 39.6 Å². The number of nitrogens with two attached hydrogens (primary N) is 2. The Kier molecular flexibility index (Phi) is 9.13. The number of imidazole rings is 1. The third-order valence-electron chi connectivity index (χ3n) is 5.03. The van der Waals surface area contributed by atoms with Crippen LogP contribution in [0.15, 0.2) is 12.7 Å². The standard InChI is InChI=1S/C15H26N6O13P2/c16-1-6(22)10(24)7(23)2-31-36(30,34-35(27,28)29)32-3-8-11(25)12(26)15(33-8)21-5-20-9-13(17)18-4-19-14(9)21/h4-8,10-12,15,22-26H,1-3,16H2,(H2,17,18,19)(H2,27,28,29)/p-1. The van der Waals surface area contributed by atoms with Crippen molar-refractivity contribution in [1.29, 1.82) is 0 Å². The van der Waals surface area contributed by atoms with Gasteiger partial charge in [-0.2, -0.15) is 0 Å². The second kappa shape index (κ2) is 11.4. The minimum atomic E-state index is -5.74. The van der Waals surface area contributed by atoms with Crippen LogP contribution < -0.4 is 16.4 Å². The number of nitrogen functional groups attached to an aromatic ring is 1. The molecule has 204 valence electrons. The third-order valence-corrected chi connectivity index (χ3v) is 7.59. The highest BCUT2D eigenvalue weighted by atomic mass is 31.3. The van der Waals surface area contributed by atoms with E-state index in [2.05, 4.69) is 23.8 Å². The highest BCUT2D eigenvalue weighted by Crippen LogP contribution is 2.59. The van der Waals surface area contributed by atoms with Crippen LogP contribution in [0, 0.1) is 0 Å². The maximum Gasteiger partial charge on any atom is 0.481 e. The van der Waals surface area contributed by atoms with E-state index in [1.165, 1.54) is 10.9 Å². The molecule has 2 aromatic rings. The summed E-state index contributed by atoms with van der Waals surface area (Å²) in [7, 11) is -11.0. The van der Waals surface area contributed by atoms with Crippen molar-refractivity contribution in [3.8, 4) is 0 Å². The summed E-state index contributed by atoms with van der Waals surface area (Å²) < 4.78 is 44.1. The second-order valence-corrected chi connectivity index (χ2v) is 10.6. The molecule has 0 saturated carbocycles. The number of phosphoric ester groups is 1. The van der Waals surface area contributed by atoms with Gasteiger partial charge in [-0.05, 0) is 0 Å². The highest BCUT2D eigenvalue weighted by Gasteiger charge is 2.46. The second-order valence-electron chi connectivity index (χ2n) is 7.58. The largest absolute Gasteiger partial charge is 0.756 e. The van der Waals surface area contributed by atoms with Crippen LogP contribution in [-0.4, -0.2) is 106 Å². The Hall–Kier alpha value is -1.67. The molecule has 3 rings (SSSR count). The number of nitrogens with zero attached hydrogens (tertiary/aromatic N) is 4. The summed E-state index contributed by atoms with van der Waals surface area (Å²) in [6, 6.07) is 0. The number of aliphatic hydroxyl groups is 5. The zero-order chi connectivity index (χ0) is 26.8. The SMILES string of the molecule is NCC(O)C(O)C(O)COP(=O)(OCC1OC(n2cnc3c(N)ncnc32)C(O)C1O)OP(=O)([O-])O. The number of anilines is 1. The van der Waals surface area contributed by atoms with Crippen molar-refractivity contribution in [3.05, 3.63) is 12.7 Å². The van der Waals surface area contributed by atoms with E-state index >= 15 is 0 Å². The Morgan fingerprint density at radius 1 is 1.14 bits per heavy atom. The molecular formula is C15H25N6O13P2-. The van der Waals surface area contributed by atoms with E-state index in [-0.39, 0.29) is 17.0 Å². The van der Waals surface area contributed by atoms with E-state index in [1.54, 1.807) is 0 Å². The number of hydrogen-bond acceptors (Lipinski definition) is 17. The maximum absolute atomic E-state index is 12.7. The molecule has 0 aromatic carbocycles. The molecule has 3 heterocycles. The average molecular weight is 559 g/mol. The van der Waals surface area contributed by atoms with E-state index in [0.29, 0.717) is 0 Å². The molecule has 0 spiro atoms. The highest BCUT2D eigenvalue weighted by molar-refractivity contribution is 7.60. The first-order chi connectivity index (χ1) is 16.8. The van der Waals surface area contributed by atoms with Gasteiger partial charge in [-0.15, -0.1) is 0 Å². The van der Waals surface area contributed by atoms with Gasteiger partial charge >= 0.3 is 7.82 Å². The first kappa shape index (κ1) is 28.9. The minimum Gasteiger partial charge on any atom is -0.756 e. The molecule has 36 heavy (non-hydrogen) atoms. The van der Waals surface area contributed by atoms with Crippen LogP contribution in [0.4, 0.5) is 5.82 Å². The molecule has 1 aliphatic rings. The fraction of sp³-hybridized carbons (Fsp3) is 0.667. The number of rotatable bonds is 12. The minimum absolute atomic E-state index is 0.0410. The zero-order valence-corrected chi connectivity index (χ0v) is 20.0.